The highest BCUT2D eigenvalue weighted by Gasteiger charge is 2.43. The minimum absolute atomic E-state index is 0.232. The van der Waals surface area contributed by atoms with E-state index in [1.807, 2.05) is 61.6 Å². The minimum Gasteiger partial charge on any atom is -0.366 e. The van der Waals surface area contributed by atoms with Gasteiger partial charge in [0.25, 0.3) is 11.8 Å². The number of piperidine rings is 1. The Balaban J connectivity index is 1.75. The number of hydrogen-bond acceptors (Lipinski definition) is 4. The zero-order valence-corrected chi connectivity index (χ0v) is 18.0. The average molecular weight is 404 g/mol. The van der Waals surface area contributed by atoms with Crippen LogP contribution in [0.4, 0.5) is 5.69 Å². The van der Waals surface area contributed by atoms with Gasteiger partial charge in [-0.15, -0.1) is 0 Å². The molecule has 0 aliphatic carbocycles. The number of nitrogens with zero attached hydrogens (tertiary/aromatic N) is 3. The molecule has 30 heavy (non-hydrogen) atoms. The van der Waals surface area contributed by atoms with Gasteiger partial charge in [0.05, 0.1) is 11.3 Å². The molecular weight excluding hydrogens is 374 g/mol. The molecule has 5 nitrogen and oxygen atoms in total. The van der Waals surface area contributed by atoms with Crippen LogP contribution in [0.5, 0.6) is 0 Å². The van der Waals surface area contributed by atoms with Crippen molar-refractivity contribution in [1.29, 1.82) is 0 Å². The van der Waals surface area contributed by atoms with Crippen LogP contribution in [0.2, 0.25) is 0 Å². The number of imide groups is 1. The summed E-state index contributed by atoms with van der Waals surface area (Å²) in [6, 6.07) is 17.5. The number of rotatable bonds is 5. The standard InChI is InChI=1S/C25H29N3O2/c1-4-18-10-12-21(13-11-18)28-24(29)22(19-8-6-5-7-9-19)23(25(28)30)27(3)20-14-16-26(2)17-15-20/h5-13,20H,4,14-17H2,1-3H3. The second-order valence-electron chi connectivity index (χ2n) is 8.20. The summed E-state index contributed by atoms with van der Waals surface area (Å²) >= 11 is 0. The van der Waals surface area contributed by atoms with Crippen molar-refractivity contribution in [2.75, 3.05) is 32.1 Å². The van der Waals surface area contributed by atoms with Crippen LogP contribution in [0.25, 0.3) is 5.57 Å². The first kappa shape index (κ1) is 20.4. The highest BCUT2D eigenvalue weighted by molar-refractivity contribution is 6.45. The molecule has 2 heterocycles. The van der Waals surface area contributed by atoms with E-state index >= 15 is 0 Å². The molecule has 2 aromatic rings. The Morgan fingerprint density at radius 3 is 2.17 bits per heavy atom. The van der Waals surface area contributed by atoms with Gasteiger partial charge in [-0.25, -0.2) is 4.90 Å². The molecule has 4 rings (SSSR count). The zero-order chi connectivity index (χ0) is 21.3. The van der Waals surface area contributed by atoms with E-state index < -0.39 is 0 Å². The molecule has 2 aliphatic rings. The first-order valence-electron chi connectivity index (χ1n) is 10.7. The lowest BCUT2D eigenvalue weighted by Crippen LogP contribution is -2.43. The van der Waals surface area contributed by atoms with Gasteiger partial charge in [0.2, 0.25) is 0 Å². The largest absolute Gasteiger partial charge is 0.366 e. The molecule has 0 N–H and O–H groups in total. The average Bonchev–Trinajstić information content (AvgIpc) is 3.04. The number of likely N-dealkylation sites (N-methyl/N-ethyl adjacent to an activating group) is 1. The van der Waals surface area contributed by atoms with E-state index in [4.69, 9.17) is 0 Å². The van der Waals surface area contributed by atoms with Crippen LogP contribution in [0, 0.1) is 0 Å². The molecule has 0 radical (unpaired) electrons. The molecule has 1 fully saturated rings. The van der Waals surface area contributed by atoms with Crippen molar-refractivity contribution in [3.05, 3.63) is 71.4 Å². The summed E-state index contributed by atoms with van der Waals surface area (Å²) in [6.07, 6.45) is 2.87. The quantitative estimate of drug-likeness (QED) is 0.716. The monoisotopic (exact) mass is 403 g/mol. The summed E-state index contributed by atoms with van der Waals surface area (Å²) in [5, 5.41) is 0. The summed E-state index contributed by atoms with van der Waals surface area (Å²) in [5.41, 5.74) is 3.61. The number of anilines is 1. The van der Waals surface area contributed by atoms with Gasteiger partial charge in [0.15, 0.2) is 0 Å². The first-order chi connectivity index (χ1) is 14.5. The fourth-order valence-corrected chi connectivity index (χ4v) is 4.39. The van der Waals surface area contributed by atoms with E-state index in [2.05, 4.69) is 23.8 Å². The molecule has 0 saturated carbocycles. The van der Waals surface area contributed by atoms with Crippen LogP contribution >= 0.6 is 0 Å². The van der Waals surface area contributed by atoms with E-state index in [9.17, 15) is 9.59 Å². The Hall–Kier alpha value is -2.92. The second kappa shape index (κ2) is 8.44. The smallest absolute Gasteiger partial charge is 0.282 e. The van der Waals surface area contributed by atoms with Gasteiger partial charge in [0, 0.05) is 13.1 Å². The predicted molar refractivity (Wildman–Crippen MR) is 120 cm³/mol. The number of benzene rings is 2. The molecule has 2 aliphatic heterocycles. The third kappa shape index (κ3) is 3.65. The minimum atomic E-state index is -0.245. The SMILES string of the molecule is CCc1ccc(N2C(=O)C(c3ccccc3)=C(N(C)C3CCN(C)CC3)C2=O)cc1. The third-order valence-electron chi connectivity index (χ3n) is 6.31. The fraction of sp³-hybridized carbons (Fsp3) is 0.360. The molecule has 0 atom stereocenters. The van der Waals surface area contributed by atoms with Crippen molar-refractivity contribution in [1.82, 2.24) is 9.80 Å². The van der Waals surface area contributed by atoms with E-state index in [1.54, 1.807) is 0 Å². The molecule has 5 heteroatoms. The maximum absolute atomic E-state index is 13.6. The van der Waals surface area contributed by atoms with E-state index in [0.29, 0.717) is 17.0 Å². The fourth-order valence-electron chi connectivity index (χ4n) is 4.39. The van der Waals surface area contributed by atoms with Gasteiger partial charge in [-0.2, -0.15) is 0 Å². The van der Waals surface area contributed by atoms with E-state index in [-0.39, 0.29) is 17.9 Å². The lowest BCUT2D eigenvalue weighted by molar-refractivity contribution is -0.120. The highest BCUT2D eigenvalue weighted by atomic mass is 16.2. The number of likely N-dealkylation sites (tertiary alicyclic amines) is 1. The normalized spacial score (nSPS) is 18.4. The van der Waals surface area contributed by atoms with Gasteiger partial charge >= 0.3 is 0 Å². The van der Waals surface area contributed by atoms with Gasteiger partial charge in [0.1, 0.15) is 5.70 Å². The number of aryl methyl sites for hydroxylation is 1. The van der Waals surface area contributed by atoms with Crippen molar-refractivity contribution >= 4 is 23.1 Å². The number of carbonyl (C=O) groups excluding carboxylic acids is 2. The summed E-state index contributed by atoms with van der Waals surface area (Å²) in [4.78, 5) is 32.8. The van der Waals surface area contributed by atoms with Crippen LogP contribution in [0.3, 0.4) is 0 Å². The second-order valence-corrected chi connectivity index (χ2v) is 8.20. The lowest BCUT2D eigenvalue weighted by Gasteiger charge is -2.36. The summed E-state index contributed by atoms with van der Waals surface area (Å²) < 4.78 is 0. The van der Waals surface area contributed by atoms with Crippen LogP contribution < -0.4 is 4.90 Å². The van der Waals surface area contributed by atoms with Crippen LogP contribution in [0.15, 0.2) is 60.3 Å². The van der Waals surface area contributed by atoms with Crippen molar-refractivity contribution in [2.45, 2.75) is 32.2 Å². The van der Waals surface area contributed by atoms with Gasteiger partial charge in [-0.3, -0.25) is 9.59 Å². The summed E-state index contributed by atoms with van der Waals surface area (Å²) in [6.45, 7) is 4.07. The number of amides is 2. The van der Waals surface area contributed by atoms with E-state index in [0.717, 1.165) is 37.9 Å². The summed E-state index contributed by atoms with van der Waals surface area (Å²) in [5.74, 6) is -0.477. The molecular formula is C25H29N3O2. The molecule has 0 spiro atoms. The Labute approximate surface area is 178 Å². The van der Waals surface area contributed by atoms with Gasteiger partial charge < -0.3 is 9.80 Å². The van der Waals surface area contributed by atoms with Crippen LogP contribution in [-0.2, 0) is 16.0 Å². The molecule has 0 unspecified atom stereocenters. The Morgan fingerprint density at radius 1 is 0.933 bits per heavy atom. The molecule has 2 amide bonds. The topological polar surface area (TPSA) is 43.9 Å². The molecule has 0 bridgehead atoms. The van der Waals surface area contributed by atoms with E-state index in [1.165, 1.54) is 10.5 Å². The highest BCUT2D eigenvalue weighted by Crippen LogP contribution is 2.36. The Bertz CT molecular complexity index is 958. The van der Waals surface area contributed by atoms with Crippen LogP contribution in [0.1, 0.15) is 30.9 Å². The zero-order valence-electron chi connectivity index (χ0n) is 18.0. The molecule has 156 valence electrons. The third-order valence-corrected chi connectivity index (χ3v) is 6.31. The lowest BCUT2D eigenvalue weighted by atomic mass is 10.0. The number of hydrogen-bond donors (Lipinski definition) is 0. The Morgan fingerprint density at radius 2 is 1.57 bits per heavy atom. The molecule has 0 aromatic heterocycles. The maximum Gasteiger partial charge on any atom is 0.282 e. The van der Waals surface area contributed by atoms with Crippen molar-refractivity contribution in [3.8, 4) is 0 Å². The van der Waals surface area contributed by atoms with Gasteiger partial charge in [-0.1, -0.05) is 49.4 Å². The molecule has 2 aromatic carbocycles. The van der Waals surface area contributed by atoms with Crippen molar-refractivity contribution in [2.24, 2.45) is 0 Å². The van der Waals surface area contributed by atoms with Gasteiger partial charge in [-0.05, 0) is 62.7 Å². The number of carbonyl (C=O) groups is 2. The molecule has 1 saturated heterocycles. The predicted octanol–water partition coefficient (Wildman–Crippen LogP) is 3.56. The Kier molecular flexibility index (Phi) is 5.73. The van der Waals surface area contributed by atoms with Crippen molar-refractivity contribution < 1.29 is 9.59 Å². The maximum atomic E-state index is 13.6. The van der Waals surface area contributed by atoms with Crippen LogP contribution in [-0.4, -0.2) is 54.8 Å². The summed E-state index contributed by atoms with van der Waals surface area (Å²) in [7, 11) is 4.08. The first-order valence-corrected chi connectivity index (χ1v) is 10.7. The van der Waals surface area contributed by atoms with Crippen molar-refractivity contribution in [3.63, 3.8) is 0 Å².